The molecule has 0 aromatic carbocycles. The lowest BCUT2D eigenvalue weighted by Crippen LogP contribution is -2.38. The van der Waals surface area contributed by atoms with E-state index in [4.69, 9.17) is 0 Å². The standard InChI is InChI=1S/C12H24S/c1-4-13(2,3)12-9-10-5-7-11(12)8-6-10/h10-12H,4-9H2,1-3H3. The molecule has 3 saturated carbocycles. The van der Waals surface area contributed by atoms with Crippen molar-refractivity contribution in [1.29, 1.82) is 0 Å². The fourth-order valence-electron chi connectivity index (χ4n) is 3.31. The summed E-state index contributed by atoms with van der Waals surface area (Å²) < 4.78 is 0. The van der Waals surface area contributed by atoms with Gasteiger partial charge in [0.05, 0.1) is 0 Å². The molecule has 0 spiro atoms. The van der Waals surface area contributed by atoms with Crippen LogP contribution in [0.4, 0.5) is 0 Å². The van der Waals surface area contributed by atoms with Gasteiger partial charge in [0.1, 0.15) is 0 Å². The van der Waals surface area contributed by atoms with Crippen LogP contribution in [0.15, 0.2) is 0 Å². The lowest BCUT2D eigenvalue weighted by Gasteiger charge is -2.52. The zero-order valence-corrected chi connectivity index (χ0v) is 10.2. The minimum Gasteiger partial charge on any atom is -0.244 e. The molecule has 0 nitrogen and oxygen atoms in total. The largest absolute Gasteiger partial charge is 0.244 e. The average Bonchev–Trinajstić information content (AvgIpc) is 2.19. The lowest BCUT2D eigenvalue weighted by molar-refractivity contribution is 0.183. The molecule has 3 aliphatic carbocycles. The zero-order valence-electron chi connectivity index (χ0n) is 9.38. The van der Waals surface area contributed by atoms with Crippen LogP contribution in [0.2, 0.25) is 0 Å². The molecule has 0 aromatic rings. The van der Waals surface area contributed by atoms with Crippen LogP contribution in [-0.4, -0.2) is 23.5 Å². The highest BCUT2D eigenvalue weighted by atomic mass is 32.3. The van der Waals surface area contributed by atoms with Crippen molar-refractivity contribution in [3.63, 3.8) is 0 Å². The van der Waals surface area contributed by atoms with Crippen molar-refractivity contribution in [2.75, 3.05) is 18.3 Å². The van der Waals surface area contributed by atoms with Gasteiger partial charge in [0, 0.05) is 0 Å². The molecule has 0 heterocycles. The Labute approximate surface area is 84.8 Å². The third-order valence-corrected chi connectivity index (χ3v) is 8.25. The van der Waals surface area contributed by atoms with Crippen LogP contribution >= 0.6 is 10.0 Å². The molecule has 13 heavy (non-hydrogen) atoms. The van der Waals surface area contributed by atoms with Gasteiger partial charge in [0.2, 0.25) is 0 Å². The van der Waals surface area contributed by atoms with E-state index in [0.29, 0.717) is 0 Å². The average molecular weight is 200 g/mol. The van der Waals surface area contributed by atoms with Gasteiger partial charge in [0.15, 0.2) is 0 Å². The first-order valence-corrected chi connectivity index (χ1v) is 8.51. The first kappa shape index (κ1) is 9.89. The molecule has 2 bridgehead atoms. The maximum Gasteiger partial charge on any atom is -0.00858 e. The summed E-state index contributed by atoms with van der Waals surface area (Å²) in [7, 11) is -0.252. The third-order valence-electron chi connectivity index (χ3n) is 4.55. The van der Waals surface area contributed by atoms with E-state index in [1.54, 1.807) is 32.1 Å². The van der Waals surface area contributed by atoms with Crippen molar-refractivity contribution in [2.24, 2.45) is 11.8 Å². The Hall–Kier alpha value is 0.350. The van der Waals surface area contributed by atoms with Gasteiger partial charge in [-0.15, -0.1) is 0 Å². The normalized spacial score (nSPS) is 40.7. The fraction of sp³-hybridized carbons (Fsp3) is 1.00. The van der Waals surface area contributed by atoms with Gasteiger partial charge in [-0.25, -0.2) is 10.0 Å². The second kappa shape index (κ2) is 3.49. The summed E-state index contributed by atoms with van der Waals surface area (Å²) >= 11 is 0. The summed E-state index contributed by atoms with van der Waals surface area (Å²) in [5, 5.41) is 1.13. The number of rotatable bonds is 2. The van der Waals surface area contributed by atoms with Gasteiger partial charge in [-0.3, -0.25) is 0 Å². The first-order chi connectivity index (χ1) is 6.13. The van der Waals surface area contributed by atoms with Gasteiger partial charge < -0.3 is 0 Å². The Balaban J connectivity index is 2.08. The molecule has 1 unspecified atom stereocenters. The highest BCUT2D eigenvalue weighted by Gasteiger charge is 2.40. The van der Waals surface area contributed by atoms with E-state index >= 15 is 0 Å². The summed E-state index contributed by atoms with van der Waals surface area (Å²) in [5.41, 5.74) is 0. The van der Waals surface area contributed by atoms with E-state index < -0.39 is 0 Å². The van der Waals surface area contributed by atoms with E-state index in [1.165, 1.54) is 5.75 Å². The SMILES string of the molecule is CCS(C)(C)C1CC2CCC1CC2. The minimum atomic E-state index is -0.252. The molecule has 3 fully saturated rings. The Kier molecular flexibility index (Phi) is 2.65. The topological polar surface area (TPSA) is 0 Å². The molecule has 0 aliphatic heterocycles. The van der Waals surface area contributed by atoms with E-state index in [2.05, 4.69) is 19.4 Å². The lowest BCUT2D eigenvalue weighted by atomic mass is 9.70. The van der Waals surface area contributed by atoms with Crippen molar-refractivity contribution in [1.82, 2.24) is 0 Å². The Bertz CT molecular complexity index is 178. The smallest absolute Gasteiger partial charge is 0.00858 e. The van der Waals surface area contributed by atoms with Crippen LogP contribution in [-0.2, 0) is 0 Å². The highest BCUT2D eigenvalue weighted by molar-refractivity contribution is 8.33. The molecule has 0 saturated heterocycles. The van der Waals surface area contributed by atoms with E-state index in [9.17, 15) is 0 Å². The molecular weight excluding hydrogens is 176 g/mol. The van der Waals surface area contributed by atoms with Crippen molar-refractivity contribution in [3.05, 3.63) is 0 Å². The van der Waals surface area contributed by atoms with Crippen molar-refractivity contribution < 1.29 is 0 Å². The van der Waals surface area contributed by atoms with Gasteiger partial charge in [0.25, 0.3) is 0 Å². The summed E-state index contributed by atoms with van der Waals surface area (Å²) in [4.78, 5) is 0. The zero-order chi connectivity index (χ0) is 9.47. The quantitative estimate of drug-likeness (QED) is 0.638. The fourth-order valence-corrected chi connectivity index (χ4v) is 5.85. The van der Waals surface area contributed by atoms with Crippen molar-refractivity contribution >= 4 is 10.0 Å². The van der Waals surface area contributed by atoms with Gasteiger partial charge in [-0.2, -0.15) is 0 Å². The Morgan fingerprint density at radius 3 is 2.08 bits per heavy atom. The van der Waals surface area contributed by atoms with Crippen LogP contribution in [0.3, 0.4) is 0 Å². The minimum absolute atomic E-state index is 0.252. The summed E-state index contributed by atoms with van der Waals surface area (Å²) in [6, 6.07) is 0. The maximum atomic E-state index is 2.57. The van der Waals surface area contributed by atoms with Crippen LogP contribution < -0.4 is 0 Å². The van der Waals surface area contributed by atoms with Gasteiger partial charge in [-0.05, 0) is 54.6 Å². The molecule has 1 atom stereocenters. The number of hydrogen-bond acceptors (Lipinski definition) is 0. The van der Waals surface area contributed by atoms with Crippen molar-refractivity contribution in [2.45, 2.75) is 44.3 Å². The second-order valence-corrected chi connectivity index (χ2v) is 9.90. The maximum absolute atomic E-state index is 2.57. The summed E-state index contributed by atoms with van der Waals surface area (Å²) in [6.07, 6.45) is 13.0. The molecule has 3 rings (SSSR count). The number of hydrogen-bond donors (Lipinski definition) is 0. The third kappa shape index (κ3) is 1.77. The van der Waals surface area contributed by atoms with Crippen LogP contribution in [0.5, 0.6) is 0 Å². The monoisotopic (exact) mass is 200 g/mol. The molecule has 0 N–H and O–H groups in total. The highest BCUT2D eigenvalue weighted by Crippen LogP contribution is 2.58. The van der Waals surface area contributed by atoms with E-state index in [1.807, 2.05) is 0 Å². The van der Waals surface area contributed by atoms with Gasteiger partial charge in [-0.1, -0.05) is 19.8 Å². The predicted molar refractivity (Wildman–Crippen MR) is 63.8 cm³/mol. The summed E-state index contributed by atoms with van der Waals surface area (Å²) in [6.45, 7) is 2.40. The van der Waals surface area contributed by atoms with Crippen LogP contribution in [0.1, 0.15) is 39.0 Å². The number of fused-ring (bicyclic) bond motifs is 3. The molecule has 3 aliphatic rings. The van der Waals surface area contributed by atoms with Gasteiger partial charge >= 0.3 is 0 Å². The molecule has 0 radical (unpaired) electrons. The van der Waals surface area contributed by atoms with E-state index in [-0.39, 0.29) is 10.0 Å². The first-order valence-electron chi connectivity index (χ1n) is 5.83. The predicted octanol–water partition coefficient (Wildman–Crippen LogP) is 3.65. The summed E-state index contributed by atoms with van der Waals surface area (Å²) in [5.74, 6) is 3.68. The van der Waals surface area contributed by atoms with E-state index in [0.717, 1.165) is 17.1 Å². The van der Waals surface area contributed by atoms with Crippen LogP contribution in [0.25, 0.3) is 0 Å². The second-order valence-electron chi connectivity index (χ2n) is 5.47. The molecule has 0 amide bonds. The van der Waals surface area contributed by atoms with Crippen LogP contribution in [0, 0.1) is 11.8 Å². The molecular formula is C12H24S. The molecule has 1 heteroatoms. The Morgan fingerprint density at radius 1 is 1.08 bits per heavy atom. The molecule has 78 valence electrons. The molecule has 0 aromatic heterocycles. The Morgan fingerprint density at radius 2 is 1.69 bits per heavy atom. The van der Waals surface area contributed by atoms with Crippen molar-refractivity contribution in [3.8, 4) is 0 Å².